The Kier molecular flexibility index (Phi) is 6.80. The molecule has 2 fully saturated rings. The van der Waals surface area contributed by atoms with Crippen molar-refractivity contribution in [2.45, 2.75) is 54.5 Å². The first kappa shape index (κ1) is 19.5. The van der Waals surface area contributed by atoms with E-state index in [2.05, 4.69) is 0 Å². The van der Waals surface area contributed by atoms with E-state index in [9.17, 15) is 9.00 Å². The van der Waals surface area contributed by atoms with Crippen molar-refractivity contribution in [3.63, 3.8) is 0 Å². The fraction of sp³-hybridized carbons (Fsp3) is 0.632. The largest absolute Gasteiger partial charge is 0.380 e. The Morgan fingerprint density at radius 2 is 1.92 bits per heavy atom. The van der Waals surface area contributed by atoms with Gasteiger partial charge < -0.3 is 19.9 Å². The molecule has 26 heavy (non-hydrogen) atoms. The van der Waals surface area contributed by atoms with Gasteiger partial charge in [-0.25, -0.2) is 0 Å². The zero-order valence-corrected chi connectivity index (χ0v) is 15.9. The second-order valence-corrected chi connectivity index (χ2v) is 8.53. The van der Waals surface area contributed by atoms with Gasteiger partial charge in [0.05, 0.1) is 47.4 Å². The summed E-state index contributed by atoms with van der Waals surface area (Å²) < 4.78 is 29.4. The van der Waals surface area contributed by atoms with Crippen molar-refractivity contribution in [2.75, 3.05) is 26.4 Å². The van der Waals surface area contributed by atoms with E-state index in [4.69, 9.17) is 19.9 Å². The summed E-state index contributed by atoms with van der Waals surface area (Å²) in [5.41, 5.74) is 6.49. The summed E-state index contributed by atoms with van der Waals surface area (Å²) in [4.78, 5) is 12.9. The lowest BCUT2D eigenvalue weighted by molar-refractivity contribution is -0.125. The Morgan fingerprint density at radius 3 is 2.46 bits per heavy atom. The fourth-order valence-electron chi connectivity index (χ4n) is 3.52. The van der Waals surface area contributed by atoms with E-state index in [1.54, 1.807) is 0 Å². The minimum Gasteiger partial charge on any atom is -0.380 e. The third-order valence-electron chi connectivity index (χ3n) is 5.00. The summed E-state index contributed by atoms with van der Waals surface area (Å²) >= 11 is 0. The minimum absolute atomic E-state index is 0.0101. The van der Waals surface area contributed by atoms with Crippen molar-refractivity contribution in [2.24, 2.45) is 5.73 Å². The highest BCUT2D eigenvalue weighted by atomic mass is 32.2. The summed E-state index contributed by atoms with van der Waals surface area (Å²) in [6, 6.07) is 7.33. The summed E-state index contributed by atoms with van der Waals surface area (Å²) in [6.07, 6.45) is 2.04. The summed E-state index contributed by atoms with van der Waals surface area (Å²) in [5, 5.41) is 0.0434. The molecule has 2 aliphatic rings. The van der Waals surface area contributed by atoms with Crippen LogP contribution in [-0.4, -0.2) is 54.0 Å². The highest BCUT2D eigenvalue weighted by Crippen LogP contribution is 2.28. The van der Waals surface area contributed by atoms with Crippen LogP contribution in [0.5, 0.6) is 0 Å². The zero-order valence-electron chi connectivity index (χ0n) is 15.1. The van der Waals surface area contributed by atoms with Crippen LogP contribution in [0, 0.1) is 0 Å². The van der Waals surface area contributed by atoms with Crippen molar-refractivity contribution in [1.82, 2.24) is 0 Å². The summed E-state index contributed by atoms with van der Waals surface area (Å²) in [7, 11) is -1.10. The molecule has 6 nitrogen and oxygen atoms in total. The number of carbonyl (C=O) groups is 1. The molecule has 3 unspecified atom stereocenters. The Labute approximate surface area is 156 Å². The van der Waals surface area contributed by atoms with E-state index >= 15 is 0 Å². The van der Waals surface area contributed by atoms with Crippen molar-refractivity contribution in [1.29, 1.82) is 0 Å². The van der Waals surface area contributed by atoms with Gasteiger partial charge in [-0.1, -0.05) is 19.1 Å². The average molecular weight is 381 g/mol. The lowest BCUT2D eigenvalue weighted by Gasteiger charge is -2.27. The molecule has 2 N–H and O–H groups in total. The standard InChI is InChI=1S/C19H27NO5S/c1-2-17(25-14-7-9-23-11-14)18(19(20)21)13-3-5-15(6-4-13)26(22)16-8-10-24-12-16/h3-6,14,16-18H,2,7-12H2,1H3,(H2,20,21)/t14-,16+,17?,18?,26?/m1/s1. The second kappa shape index (κ2) is 9.08. The summed E-state index contributed by atoms with van der Waals surface area (Å²) in [5.74, 6) is -0.938. The molecule has 5 atom stereocenters. The molecule has 1 aromatic carbocycles. The first-order valence-corrected chi connectivity index (χ1v) is 10.4. The molecule has 0 aliphatic carbocycles. The van der Waals surface area contributed by atoms with Crippen molar-refractivity contribution < 1.29 is 23.2 Å². The normalized spacial score (nSPS) is 26.5. The first-order valence-electron chi connectivity index (χ1n) is 9.21. The number of primary amides is 1. The Morgan fingerprint density at radius 1 is 1.23 bits per heavy atom. The molecule has 2 heterocycles. The van der Waals surface area contributed by atoms with Gasteiger partial charge in [0.2, 0.25) is 5.91 Å². The van der Waals surface area contributed by atoms with Crippen LogP contribution in [0.4, 0.5) is 0 Å². The molecule has 2 saturated heterocycles. The fourth-order valence-corrected chi connectivity index (χ4v) is 4.84. The molecule has 144 valence electrons. The number of benzene rings is 1. The summed E-state index contributed by atoms with van der Waals surface area (Å²) in [6.45, 7) is 4.43. The third-order valence-corrected chi connectivity index (χ3v) is 6.71. The van der Waals surface area contributed by atoms with Gasteiger partial charge in [0.1, 0.15) is 0 Å². The zero-order chi connectivity index (χ0) is 18.5. The van der Waals surface area contributed by atoms with Gasteiger partial charge in [-0.2, -0.15) is 0 Å². The lowest BCUT2D eigenvalue weighted by atomic mass is 9.91. The highest BCUT2D eigenvalue weighted by molar-refractivity contribution is 7.85. The lowest BCUT2D eigenvalue weighted by Crippen LogP contribution is -2.35. The molecular weight excluding hydrogens is 354 g/mol. The average Bonchev–Trinajstić information content (AvgIpc) is 3.34. The molecular formula is C19H27NO5S. The van der Waals surface area contributed by atoms with E-state index in [0.29, 0.717) is 32.8 Å². The molecule has 1 amide bonds. The Bertz CT molecular complexity index is 623. The number of nitrogens with two attached hydrogens (primary N) is 1. The molecule has 0 spiro atoms. The minimum atomic E-state index is -1.10. The molecule has 0 radical (unpaired) electrons. The molecule has 7 heteroatoms. The smallest absolute Gasteiger partial charge is 0.227 e. The van der Waals surface area contributed by atoms with Crippen LogP contribution in [-0.2, 0) is 29.8 Å². The van der Waals surface area contributed by atoms with Gasteiger partial charge in [0, 0.05) is 18.1 Å². The molecule has 2 aliphatic heterocycles. The van der Waals surface area contributed by atoms with E-state index < -0.39 is 22.6 Å². The molecule has 1 aromatic rings. The van der Waals surface area contributed by atoms with Gasteiger partial charge in [0.15, 0.2) is 0 Å². The second-order valence-electron chi connectivity index (χ2n) is 6.80. The van der Waals surface area contributed by atoms with Crippen LogP contribution >= 0.6 is 0 Å². The Balaban J connectivity index is 1.74. The predicted octanol–water partition coefficient (Wildman–Crippen LogP) is 1.74. The van der Waals surface area contributed by atoms with Crippen molar-refractivity contribution in [3.05, 3.63) is 29.8 Å². The third kappa shape index (κ3) is 4.52. The van der Waals surface area contributed by atoms with E-state index in [1.165, 1.54) is 0 Å². The monoisotopic (exact) mass is 381 g/mol. The Hall–Kier alpha value is -1.28. The molecule has 0 bridgehead atoms. The maximum atomic E-state index is 12.6. The SMILES string of the molecule is CCC(O[C@@H]1CCOC1)C(C(N)=O)c1ccc(S(=O)[C@H]2CCOC2)cc1. The molecule has 0 aromatic heterocycles. The number of carbonyl (C=O) groups excluding carboxylic acids is 1. The van der Waals surface area contributed by atoms with Crippen LogP contribution in [0.2, 0.25) is 0 Å². The number of amides is 1. The van der Waals surface area contributed by atoms with Crippen molar-refractivity contribution >= 4 is 16.7 Å². The van der Waals surface area contributed by atoms with E-state index in [-0.39, 0.29) is 17.5 Å². The molecule has 0 saturated carbocycles. The van der Waals surface area contributed by atoms with E-state index in [1.807, 2.05) is 31.2 Å². The van der Waals surface area contributed by atoms with Gasteiger partial charge in [-0.15, -0.1) is 0 Å². The topological polar surface area (TPSA) is 87.9 Å². The van der Waals surface area contributed by atoms with Crippen molar-refractivity contribution in [3.8, 4) is 0 Å². The predicted molar refractivity (Wildman–Crippen MR) is 98.4 cm³/mol. The number of rotatable bonds is 8. The van der Waals surface area contributed by atoms with Crippen LogP contribution < -0.4 is 5.73 Å². The van der Waals surface area contributed by atoms with Gasteiger partial charge in [-0.3, -0.25) is 9.00 Å². The van der Waals surface area contributed by atoms with Gasteiger partial charge in [0.25, 0.3) is 0 Å². The first-order chi connectivity index (χ1) is 12.6. The maximum absolute atomic E-state index is 12.6. The highest BCUT2D eigenvalue weighted by Gasteiger charge is 2.31. The van der Waals surface area contributed by atoms with Crippen LogP contribution in [0.1, 0.15) is 37.7 Å². The maximum Gasteiger partial charge on any atom is 0.227 e. The van der Waals surface area contributed by atoms with Crippen LogP contribution in [0.3, 0.4) is 0 Å². The quantitative estimate of drug-likeness (QED) is 0.741. The number of hydrogen-bond donors (Lipinski definition) is 1. The van der Waals surface area contributed by atoms with Crippen LogP contribution in [0.25, 0.3) is 0 Å². The van der Waals surface area contributed by atoms with Gasteiger partial charge >= 0.3 is 0 Å². The number of ether oxygens (including phenoxy) is 3. The van der Waals surface area contributed by atoms with Crippen LogP contribution in [0.15, 0.2) is 29.2 Å². The van der Waals surface area contributed by atoms with Gasteiger partial charge in [-0.05, 0) is 37.0 Å². The molecule has 3 rings (SSSR count). The van der Waals surface area contributed by atoms with E-state index in [0.717, 1.165) is 23.3 Å². The number of hydrogen-bond acceptors (Lipinski definition) is 5.